The molecule has 0 aliphatic heterocycles. The summed E-state index contributed by atoms with van der Waals surface area (Å²) in [7, 11) is 1.42. The first-order valence-electron chi connectivity index (χ1n) is 9.58. The molecule has 4 nitrogen and oxygen atoms in total. The topological polar surface area (TPSA) is 52.6 Å². The number of rotatable bonds is 7. The summed E-state index contributed by atoms with van der Waals surface area (Å²) in [6, 6.07) is 19.6. The molecule has 2 rings (SSSR count). The molecule has 0 aliphatic carbocycles. The predicted octanol–water partition coefficient (Wildman–Crippen LogP) is 4.55. The lowest BCUT2D eigenvalue weighted by Gasteiger charge is -2.25. The van der Waals surface area contributed by atoms with Gasteiger partial charge in [-0.05, 0) is 36.8 Å². The van der Waals surface area contributed by atoms with E-state index in [0.29, 0.717) is 17.3 Å². The second kappa shape index (κ2) is 10.4. The molecule has 0 aromatic heterocycles. The fraction of sp³-hybridized carbons (Fsp3) is 0.333. The van der Waals surface area contributed by atoms with Crippen molar-refractivity contribution >= 4 is 30.5 Å². The summed E-state index contributed by atoms with van der Waals surface area (Å²) < 4.78 is 10.2. The summed E-state index contributed by atoms with van der Waals surface area (Å²) in [5.74, 6) is -0.966. The molecular formula is C24H29O4P. The molecule has 0 unspecified atom stereocenters. The van der Waals surface area contributed by atoms with Crippen molar-refractivity contribution < 1.29 is 19.1 Å². The third kappa shape index (κ3) is 6.27. The summed E-state index contributed by atoms with van der Waals surface area (Å²) in [4.78, 5) is 25.8. The minimum absolute atomic E-state index is 0.00273. The van der Waals surface area contributed by atoms with Crippen molar-refractivity contribution in [3.05, 3.63) is 71.6 Å². The van der Waals surface area contributed by atoms with Gasteiger partial charge in [0.25, 0.3) is 0 Å². The van der Waals surface area contributed by atoms with Crippen LogP contribution in [0.2, 0.25) is 0 Å². The highest BCUT2D eigenvalue weighted by Gasteiger charge is 2.32. The van der Waals surface area contributed by atoms with Crippen LogP contribution in [0.5, 0.6) is 0 Å². The number of benzene rings is 2. The molecule has 2 aromatic rings. The van der Waals surface area contributed by atoms with Crippen LogP contribution in [0.25, 0.3) is 0 Å². The minimum atomic E-state index is -1.28. The van der Waals surface area contributed by atoms with Crippen LogP contribution >= 0.6 is 7.92 Å². The standard InChI is InChI=1S/C24H29O4P/c1-24(2,3)17-16-20(22(25)27-4)21(23(26)28-5)29(18-12-8-6-9-13-18)19-14-10-7-11-15-19/h6-15H,16-17H2,1-5H3/b21-20+. The molecule has 0 atom stereocenters. The Labute approximate surface area is 174 Å². The second-order valence-corrected chi connectivity index (χ2v) is 10.0. The Hall–Kier alpha value is -2.45. The Bertz CT molecular complexity index is 812. The smallest absolute Gasteiger partial charge is 0.339 e. The first kappa shape index (κ1) is 22.8. The number of methoxy groups -OCH3 is 2. The maximum atomic E-state index is 13.0. The molecule has 2 aromatic carbocycles. The van der Waals surface area contributed by atoms with Crippen molar-refractivity contribution in [3.63, 3.8) is 0 Å². The maximum absolute atomic E-state index is 13.0. The van der Waals surface area contributed by atoms with Gasteiger partial charge in [0.2, 0.25) is 0 Å². The number of carbonyl (C=O) groups is 2. The Morgan fingerprint density at radius 2 is 1.24 bits per heavy atom. The first-order valence-corrected chi connectivity index (χ1v) is 10.9. The lowest BCUT2D eigenvalue weighted by molar-refractivity contribution is -0.139. The van der Waals surface area contributed by atoms with Gasteiger partial charge in [0.05, 0.1) is 25.1 Å². The van der Waals surface area contributed by atoms with E-state index in [1.54, 1.807) is 0 Å². The van der Waals surface area contributed by atoms with Gasteiger partial charge in [-0.1, -0.05) is 81.4 Å². The van der Waals surface area contributed by atoms with E-state index >= 15 is 0 Å². The van der Waals surface area contributed by atoms with E-state index in [2.05, 4.69) is 20.8 Å². The molecule has 5 heteroatoms. The third-order valence-corrected chi connectivity index (χ3v) is 7.00. The van der Waals surface area contributed by atoms with Crippen LogP contribution in [0, 0.1) is 5.41 Å². The molecule has 0 aliphatic rings. The van der Waals surface area contributed by atoms with E-state index in [9.17, 15) is 9.59 Å². The molecular weight excluding hydrogens is 383 g/mol. The van der Waals surface area contributed by atoms with E-state index in [4.69, 9.17) is 9.47 Å². The lowest BCUT2D eigenvalue weighted by Crippen LogP contribution is -2.22. The molecule has 0 N–H and O–H groups in total. The van der Waals surface area contributed by atoms with E-state index in [1.807, 2.05) is 60.7 Å². The molecule has 154 valence electrons. The number of esters is 2. The summed E-state index contributed by atoms with van der Waals surface area (Å²) in [5, 5.41) is 2.36. The highest BCUT2D eigenvalue weighted by molar-refractivity contribution is 7.77. The highest BCUT2D eigenvalue weighted by atomic mass is 31.1. The van der Waals surface area contributed by atoms with Crippen LogP contribution in [0.1, 0.15) is 33.6 Å². The number of ether oxygens (including phenoxy) is 2. The lowest BCUT2D eigenvalue weighted by atomic mass is 9.88. The van der Waals surface area contributed by atoms with Gasteiger partial charge >= 0.3 is 11.9 Å². The van der Waals surface area contributed by atoms with E-state index in [0.717, 1.165) is 17.0 Å². The predicted molar refractivity (Wildman–Crippen MR) is 119 cm³/mol. The Morgan fingerprint density at radius 1 is 0.793 bits per heavy atom. The van der Waals surface area contributed by atoms with Crippen LogP contribution in [0.15, 0.2) is 71.6 Å². The molecule has 0 fully saturated rings. The quantitative estimate of drug-likeness (QED) is 0.380. The third-order valence-electron chi connectivity index (χ3n) is 4.47. The average molecular weight is 412 g/mol. The highest BCUT2D eigenvalue weighted by Crippen LogP contribution is 2.46. The Kier molecular flexibility index (Phi) is 8.16. The van der Waals surface area contributed by atoms with Crippen LogP contribution in [-0.2, 0) is 19.1 Å². The number of carbonyl (C=O) groups excluding carboxylic acids is 2. The van der Waals surface area contributed by atoms with Gasteiger partial charge in [-0.2, -0.15) is 0 Å². The van der Waals surface area contributed by atoms with Crippen LogP contribution in [0.4, 0.5) is 0 Å². The fourth-order valence-corrected chi connectivity index (χ4v) is 5.45. The molecule has 0 spiro atoms. The summed E-state index contributed by atoms with van der Waals surface area (Å²) in [6.45, 7) is 6.32. The van der Waals surface area contributed by atoms with Crippen molar-refractivity contribution in [1.82, 2.24) is 0 Å². The van der Waals surface area contributed by atoms with Crippen LogP contribution in [-0.4, -0.2) is 26.2 Å². The van der Waals surface area contributed by atoms with Crippen molar-refractivity contribution in [2.24, 2.45) is 5.41 Å². The Morgan fingerprint density at radius 3 is 1.62 bits per heavy atom. The monoisotopic (exact) mass is 412 g/mol. The summed E-state index contributed by atoms with van der Waals surface area (Å²) >= 11 is 0. The minimum Gasteiger partial charge on any atom is -0.466 e. The summed E-state index contributed by atoms with van der Waals surface area (Å²) in [6.07, 6.45) is 1.18. The molecule has 0 heterocycles. The summed E-state index contributed by atoms with van der Waals surface area (Å²) in [5.41, 5.74) is 0.399. The maximum Gasteiger partial charge on any atom is 0.339 e. The normalized spacial score (nSPS) is 12.3. The number of hydrogen-bond donors (Lipinski definition) is 0. The van der Waals surface area contributed by atoms with Gasteiger partial charge in [0.15, 0.2) is 0 Å². The zero-order chi connectivity index (χ0) is 21.4. The van der Waals surface area contributed by atoms with Crippen molar-refractivity contribution in [2.75, 3.05) is 14.2 Å². The SMILES string of the molecule is COC(=O)/C(CCC(C)(C)C)=C(\C(=O)OC)P(c1ccccc1)c1ccccc1. The van der Waals surface area contributed by atoms with Crippen molar-refractivity contribution in [2.45, 2.75) is 33.6 Å². The van der Waals surface area contributed by atoms with Gasteiger partial charge in [-0.3, -0.25) is 0 Å². The van der Waals surface area contributed by atoms with Gasteiger partial charge in [0, 0.05) is 0 Å². The second-order valence-electron chi connectivity index (χ2n) is 7.88. The molecule has 0 saturated carbocycles. The van der Waals surface area contributed by atoms with Crippen LogP contribution in [0.3, 0.4) is 0 Å². The molecule has 0 radical (unpaired) electrons. The van der Waals surface area contributed by atoms with Crippen molar-refractivity contribution in [3.8, 4) is 0 Å². The van der Waals surface area contributed by atoms with Gasteiger partial charge in [0.1, 0.15) is 0 Å². The van der Waals surface area contributed by atoms with Crippen LogP contribution < -0.4 is 10.6 Å². The van der Waals surface area contributed by atoms with E-state index in [-0.39, 0.29) is 5.41 Å². The Balaban J connectivity index is 2.76. The molecule has 29 heavy (non-hydrogen) atoms. The van der Waals surface area contributed by atoms with Gasteiger partial charge < -0.3 is 9.47 Å². The zero-order valence-corrected chi connectivity index (χ0v) is 18.7. The van der Waals surface area contributed by atoms with Crippen molar-refractivity contribution in [1.29, 1.82) is 0 Å². The van der Waals surface area contributed by atoms with E-state index < -0.39 is 19.9 Å². The largest absolute Gasteiger partial charge is 0.466 e. The molecule has 0 saturated heterocycles. The molecule has 0 amide bonds. The van der Waals surface area contributed by atoms with E-state index in [1.165, 1.54) is 14.2 Å². The molecule has 0 bridgehead atoms. The van der Waals surface area contributed by atoms with Gasteiger partial charge in [-0.15, -0.1) is 0 Å². The zero-order valence-electron chi connectivity index (χ0n) is 17.8. The average Bonchev–Trinajstić information content (AvgIpc) is 2.72. The first-order chi connectivity index (χ1) is 13.8. The fourth-order valence-electron chi connectivity index (χ4n) is 2.95. The van der Waals surface area contributed by atoms with Gasteiger partial charge in [-0.25, -0.2) is 9.59 Å². The number of hydrogen-bond acceptors (Lipinski definition) is 4.